The molecule has 0 saturated heterocycles. The van der Waals surface area contributed by atoms with Crippen molar-refractivity contribution < 1.29 is 0 Å². The van der Waals surface area contributed by atoms with E-state index in [2.05, 4.69) is 39.8 Å². The number of benzene rings is 1. The van der Waals surface area contributed by atoms with E-state index in [9.17, 15) is 0 Å². The minimum atomic E-state index is 0.565. The summed E-state index contributed by atoms with van der Waals surface area (Å²) in [5, 5.41) is 14.3. The number of aromatic nitrogens is 2. The molecule has 19 heavy (non-hydrogen) atoms. The Morgan fingerprint density at radius 3 is 2.95 bits per heavy atom. The Morgan fingerprint density at radius 1 is 1.26 bits per heavy atom. The van der Waals surface area contributed by atoms with Crippen molar-refractivity contribution in [2.75, 3.05) is 13.6 Å². The van der Waals surface area contributed by atoms with Gasteiger partial charge in [-0.2, -0.15) is 0 Å². The van der Waals surface area contributed by atoms with Gasteiger partial charge in [-0.05, 0) is 37.4 Å². The van der Waals surface area contributed by atoms with Crippen LogP contribution in [0.5, 0.6) is 0 Å². The molecule has 1 N–H and O–H groups in total. The second-order valence-electron chi connectivity index (χ2n) is 5.10. The Morgan fingerprint density at radius 2 is 2.11 bits per heavy atom. The van der Waals surface area contributed by atoms with E-state index in [0.29, 0.717) is 5.92 Å². The van der Waals surface area contributed by atoms with Gasteiger partial charge in [0.25, 0.3) is 0 Å². The van der Waals surface area contributed by atoms with Crippen molar-refractivity contribution in [3.8, 4) is 0 Å². The molecular formula is C15H19N3S. The molecule has 1 aliphatic carbocycles. The Labute approximate surface area is 118 Å². The van der Waals surface area contributed by atoms with Crippen molar-refractivity contribution in [2.24, 2.45) is 0 Å². The van der Waals surface area contributed by atoms with Crippen molar-refractivity contribution >= 4 is 11.3 Å². The normalized spacial score (nSPS) is 18.3. The van der Waals surface area contributed by atoms with Crippen LogP contribution in [-0.2, 0) is 19.3 Å². The van der Waals surface area contributed by atoms with E-state index < -0.39 is 0 Å². The average Bonchev–Trinajstić information content (AvgIpc) is 2.93. The van der Waals surface area contributed by atoms with E-state index in [4.69, 9.17) is 0 Å². The second-order valence-corrected chi connectivity index (χ2v) is 6.19. The summed E-state index contributed by atoms with van der Waals surface area (Å²) in [4.78, 5) is 0. The molecule has 1 aromatic heterocycles. The van der Waals surface area contributed by atoms with Gasteiger partial charge >= 0.3 is 0 Å². The highest BCUT2D eigenvalue weighted by Gasteiger charge is 2.22. The highest BCUT2D eigenvalue weighted by molar-refractivity contribution is 7.11. The number of aryl methyl sites for hydroxylation is 1. The highest BCUT2D eigenvalue weighted by Crippen LogP contribution is 2.33. The lowest BCUT2D eigenvalue weighted by molar-refractivity contribution is 0.577. The predicted molar refractivity (Wildman–Crippen MR) is 78.7 cm³/mol. The van der Waals surface area contributed by atoms with E-state index in [1.165, 1.54) is 29.0 Å². The SMILES string of the molecule is CNCCc1nnc(C2CCc3ccccc3C2)s1. The van der Waals surface area contributed by atoms with Gasteiger partial charge in [0.1, 0.15) is 10.0 Å². The summed E-state index contributed by atoms with van der Waals surface area (Å²) in [6.45, 7) is 0.974. The van der Waals surface area contributed by atoms with E-state index in [0.717, 1.165) is 24.4 Å². The van der Waals surface area contributed by atoms with Crippen LogP contribution < -0.4 is 5.32 Å². The predicted octanol–water partition coefficient (Wildman–Crippen LogP) is 2.57. The van der Waals surface area contributed by atoms with Crippen molar-refractivity contribution in [3.63, 3.8) is 0 Å². The first-order valence-electron chi connectivity index (χ1n) is 6.90. The highest BCUT2D eigenvalue weighted by atomic mass is 32.1. The van der Waals surface area contributed by atoms with Gasteiger partial charge in [0.05, 0.1) is 0 Å². The molecule has 3 nitrogen and oxygen atoms in total. The van der Waals surface area contributed by atoms with Crippen LogP contribution in [0.4, 0.5) is 0 Å². The van der Waals surface area contributed by atoms with Gasteiger partial charge in [-0.1, -0.05) is 24.3 Å². The lowest BCUT2D eigenvalue weighted by atomic mass is 9.84. The summed E-state index contributed by atoms with van der Waals surface area (Å²) >= 11 is 1.79. The third-order valence-electron chi connectivity index (χ3n) is 3.77. The fraction of sp³-hybridized carbons (Fsp3) is 0.467. The lowest BCUT2D eigenvalue weighted by Gasteiger charge is -2.22. The first-order valence-corrected chi connectivity index (χ1v) is 7.72. The molecule has 2 aromatic rings. The zero-order valence-corrected chi connectivity index (χ0v) is 12.0. The second kappa shape index (κ2) is 5.80. The summed E-state index contributed by atoms with van der Waals surface area (Å²) in [5.74, 6) is 0.565. The zero-order valence-electron chi connectivity index (χ0n) is 11.2. The minimum Gasteiger partial charge on any atom is -0.319 e. The van der Waals surface area contributed by atoms with Crippen LogP contribution in [0.15, 0.2) is 24.3 Å². The van der Waals surface area contributed by atoms with Crippen LogP contribution in [0.2, 0.25) is 0 Å². The molecule has 1 heterocycles. The molecule has 0 bridgehead atoms. The van der Waals surface area contributed by atoms with E-state index in [-0.39, 0.29) is 0 Å². The molecule has 4 heteroatoms. The third kappa shape index (κ3) is 2.85. The monoisotopic (exact) mass is 273 g/mol. The maximum absolute atomic E-state index is 4.41. The quantitative estimate of drug-likeness (QED) is 0.930. The molecular weight excluding hydrogens is 254 g/mol. The van der Waals surface area contributed by atoms with Crippen LogP contribution in [0.25, 0.3) is 0 Å². The summed E-state index contributed by atoms with van der Waals surface area (Å²) in [6.07, 6.45) is 4.48. The molecule has 1 aromatic carbocycles. The molecule has 1 atom stereocenters. The molecule has 0 spiro atoms. The van der Waals surface area contributed by atoms with Gasteiger partial charge in [-0.15, -0.1) is 21.5 Å². The first-order chi connectivity index (χ1) is 9.36. The van der Waals surface area contributed by atoms with Gasteiger partial charge < -0.3 is 5.32 Å². The molecule has 100 valence electrons. The third-order valence-corrected chi connectivity index (χ3v) is 4.91. The molecule has 1 unspecified atom stereocenters. The molecule has 0 radical (unpaired) electrons. The van der Waals surface area contributed by atoms with E-state index >= 15 is 0 Å². The van der Waals surface area contributed by atoms with Gasteiger partial charge in [-0.25, -0.2) is 0 Å². The summed E-state index contributed by atoms with van der Waals surface area (Å²) < 4.78 is 0. The maximum Gasteiger partial charge on any atom is 0.120 e. The average molecular weight is 273 g/mol. The first kappa shape index (κ1) is 12.8. The standard InChI is InChI=1S/C15H19N3S/c1-16-9-8-14-17-18-15(19-14)13-7-6-11-4-2-3-5-12(11)10-13/h2-5,13,16H,6-10H2,1H3. The molecule has 0 fully saturated rings. The molecule has 0 amide bonds. The van der Waals surface area contributed by atoms with Crippen molar-refractivity contribution in [2.45, 2.75) is 31.6 Å². The Bertz CT molecular complexity index is 550. The van der Waals surface area contributed by atoms with Crippen LogP contribution >= 0.6 is 11.3 Å². The summed E-state index contributed by atoms with van der Waals surface area (Å²) in [7, 11) is 1.97. The molecule has 0 aliphatic heterocycles. The van der Waals surface area contributed by atoms with Crippen molar-refractivity contribution in [1.29, 1.82) is 0 Å². The maximum atomic E-state index is 4.41. The van der Waals surface area contributed by atoms with Crippen LogP contribution in [0.1, 0.15) is 33.5 Å². The van der Waals surface area contributed by atoms with Crippen molar-refractivity contribution in [3.05, 3.63) is 45.4 Å². The number of hydrogen-bond acceptors (Lipinski definition) is 4. The van der Waals surface area contributed by atoms with Crippen LogP contribution in [0, 0.1) is 0 Å². The summed E-state index contributed by atoms with van der Waals surface area (Å²) in [6, 6.07) is 8.79. The lowest BCUT2D eigenvalue weighted by Crippen LogP contribution is -2.12. The van der Waals surface area contributed by atoms with Crippen molar-refractivity contribution in [1.82, 2.24) is 15.5 Å². The van der Waals surface area contributed by atoms with Crippen LogP contribution in [-0.4, -0.2) is 23.8 Å². The Balaban J connectivity index is 1.72. The molecule has 0 saturated carbocycles. The van der Waals surface area contributed by atoms with E-state index in [1.807, 2.05) is 7.05 Å². The molecule has 3 rings (SSSR count). The number of fused-ring (bicyclic) bond motifs is 1. The number of nitrogens with one attached hydrogen (secondary N) is 1. The van der Waals surface area contributed by atoms with Gasteiger partial charge in [0.15, 0.2) is 0 Å². The van der Waals surface area contributed by atoms with E-state index in [1.54, 1.807) is 11.3 Å². The smallest absolute Gasteiger partial charge is 0.120 e. The topological polar surface area (TPSA) is 37.8 Å². The summed E-state index contributed by atoms with van der Waals surface area (Å²) in [5.41, 5.74) is 3.00. The molecule has 1 aliphatic rings. The number of nitrogens with zero attached hydrogens (tertiary/aromatic N) is 2. The van der Waals surface area contributed by atoms with Gasteiger partial charge in [-0.3, -0.25) is 0 Å². The minimum absolute atomic E-state index is 0.565. The largest absolute Gasteiger partial charge is 0.319 e. The van der Waals surface area contributed by atoms with Gasteiger partial charge in [0, 0.05) is 18.9 Å². The fourth-order valence-corrected chi connectivity index (χ4v) is 3.65. The Kier molecular flexibility index (Phi) is 3.89. The zero-order chi connectivity index (χ0) is 13.1. The number of hydrogen-bond donors (Lipinski definition) is 1. The fourth-order valence-electron chi connectivity index (χ4n) is 2.67. The number of likely N-dealkylation sites (N-methyl/N-ethyl adjacent to an activating group) is 1. The Hall–Kier alpha value is -1.26. The van der Waals surface area contributed by atoms with Gasteiger partial charge in [0.2, 0.25) is 0 Å². The van der Waals surface area contributed by atoms with Crippen LogP contribution in [0.3, 0.4) is 0 Å². The number of rotatable bonds is 4.